The minimum atomic E-state index is -0.0828. The molecule has 1 saturated heterocycles. The number of fused-ring (bicyclic) bond motifs is 1. The normalized spacial score (nSPS) is 17.6. The Morgan fingerprint density at radius 3 is 3.08 bits per heavy atom. The Hall–Kier alpha value is -2.73. The van der Waals surface area contributed by atoms with Crippen LogP contribution in [0.2, 0.25) is 0 Å². The predicted octanol–water partition coefficient (Wildman–Crippen LogP) is 2.80. The van der Waals surface area contributed by atoms with Crippen LogP contribution in [0, 0.1) is 6.92 Å². The van der Waals surface area contributed by atoms with E-state index in [1.165, 1.54) is 0 Å². The second-order valence-electron chi connectivity index (χ2n) is 6.63. The van der Waals surface area contributed by atoms with Crippen molar-refractivity contribution in [3.8, 4) is 0 Å². The first-order valence-electron chi connectivity index (χ1n) is 8.94. The van der Waals surface area contributed by atoms with Crippen molar-refractivity contribution in [1.82, 2.24) is 19.9 Å². The second-order valence-corrected chi connectivity index (χ2v) is 6.63. The summed E-state index contributed by atoms with van der Waals surface area (Å²) < 4.78 is 5.86. The number of ether oxygens (including phenoxy) is 1. The van der Waals surface area contributed by atoms with Gasteiger partial charge in [-0.05, 0) is 36.8 Å². The van der Waals surface area contributed by atoms with E-state index in [0.717, 1.165) is 28.1 Å². The van der Waals surface area contributed by atoms with Gasteiger partial charge in [0.15, 0.2) is 0 Å². The molecule has 0 saturated carbocycles. The third kappa shape index (κ3) is 3.60. The van der Waals surface area contributed by atoms with Crippen molar-refractivity contribution in [1.29, 1.82) is 0 Å². The predicted molar refractivity (Wildman–Crippen MR) is 98.7 cm³/mol. The highest BCUT2D eigenvalue weighted by atomic mass is 16.5. The minimum absolute atomic E-state index is 0.0828. The van der Waals surface area contributed by atoms with Gasteiger partial charge in [0.2, 0.25) is 5.91 Å². The lowest BCUT2D eigenvalue weighted by Crippen LogP contribution is -2.42. The van der Waals surface area contributed by atoms with E-state index >= 15 is 0 Å². The van der Waals surface area contributed by atoms with Gasteiger partial charge in [0.25, 0.3) is 0 Å². The van der Waals surface area contributed by atoms with Crippen molar-refractivity contribution in [2.24, 2.45) is 0 Å². The van der Waals surface area contributed by atoms with E-state index in [1.807, 2.05) is 48.2 Å². The van der Waals surface area contributed by atoms with Gasteiger partial charge in [-0.2, -0.15) is 0 Å². The second kappa shape index (κ2) is 7.25. The summed E-state index contributed by atoms with van der Waals surface area (Å²) in [4.78, 5) is 26.6. The molecule has 0 unspecified atom stereocenters. The highest BCUT2D eigenvalue weighted by Crippen LogP contribution is 2.23. The van der Waals surface area contributed by atoms with Gasteiger partial charge in [0, 0.05) is 31.3 Å². The van der Waals surface area contributed by atoms with Crippen molar-refractivity contribution < 1.29 is 9.53 Å². The zero-order valence-corrected chi connectivity index (χ0v) is 14.8. The van der Waals surface area contributed by atoms with Crippen LogP contribution in [0.5, 0.6) is 0 Å². The Morgan fingerprint density at radius 1 is 1.35 bits per heavy atom. The number of pyridine rings is 1. The molecule has 1 aliphatic rings. The summed E-state index contributed by atoms with van der Waals surface area (Å²) in [5.74, 6) is 0.999. The van der Waals surface area contributed by atoms with E-state index in [1.54, 1.807) is 6.20 Å². The van der Waals surface area contributed by atoms with Crippen LogP contribution in [-0.4, -0.2) is 45.5 Å². The molecule has 0 radical (unpaired) electrons. The molecule has 1 amide bonds. The smallest absolute Gasteiger partial charge is 0.223 e. The van der Waals surface area contributed by atoms with Crippen molar-refractivity contribution in [2.45, 2.75) is 25.9 Å². The lowest BCUT2D eigenvalue weighted by molar-refractivity contribution is -0.139. The molecule has 0 aliphatic carbocycles. The number of para-hydroxylation sites is 2. The summed E-state index contributed by atoms with van der Waals surface area (Å²) >= 11 is 0. The van der Waals surface area contributed by atoms with Crippen LogP contribution in [0.3, 0.4) is 0 Å². The van der Waals surface area contributed by atoms with E-state index < -0.39 is 0 Å². The maximum atomic E-state index is 12.6. The maximum absolute atomic E-state index is 12.6. The van der Waals surface area contributed by atoms with E-state index in [4.69, 9.17) is 4.74 Å². The number of aromatic nitrogens is 3. The monoisotopic (exact) mass is 350 g/mol. The first kappa shape index (κ1) is 16.7. The Kier molecular flexibility index (Phi) is 4.67. The fraction of sp³-hybridized carbons (Fsp3) is 0.350. The van der Waals surface area contributed by atoms with E-state index in [2.05, 4.69) is 15.0 Å². The number of aryl methyl sites for hydroxylation is 2. The molecule has 1 N–H and O–H groups in total. The zero-order valence-electron chi connectivity index (χ0n) is 14.8. The molecule has 26 heavy (non-hydrogen) atoms. The molecule has 4 rings (SSSR count). The van der Waals surface area contributed by atoms with Gasteiger partial charge in [0.1, 0.15) is 11.9 Å². The van der Waals surface area contributed by atoms with Crippen molar-refractivity contribution >= 4 is 16.9 Å². The standard InChI is InChI=1S/C20H22N4O2/c1-14-12-15(8-9-21-14)18-13-24(10-11-26-18)20(25)7-6-19-22-16-4-2-3-5-17(16)23-19/h2-5,8-9,12,18H,6-7,10-11,13H2,1H3,(H,22,23)/t18-/m1/s1. The number of hydrogen-bond acceptors (Lipinski definition) is 4. The molecule has 2 aromatic heterocycles. The minimum Gasteiger partial charge on any atom is -0.370 e. The number of imidazole rings is 1. The topological polar surface area (TPSA) is 71.1 Å². The summed E-state index contributed by atoms with van der Waals surface area (Å²) in [6, 6.07) is 11.9. The number of hydrogen-bond donors (Lipinski definition) is 1. The van der Waals surface area contributed by atoms with Crippen LogP contribution >= 0.6 is 0 Å². The van der Waals surface area contributed by atoms with Crippen molar-refractivity contribution in [3.63, 3.8) is 0 Å². The van der Waals surface area contributed by atoms with Crippen LogP contribution in [0.15, 0.2) is 42.6 Å². The Labute approximate surface area is 152 Å². The number of aromatic amines is 1. The number of rotatable bonds is 4. The van der Waals surface area contributed by atoms with Crippen LogP contribution < -0.4 is 0 Å². The van der Waals surface area contributed by atoms with Crippen LogP contribution in [0.4, 0.5) is 0 Å². The number of H-pyrrole nitrogens is 1. The van der Waals surface area contributed by atoms with Gasteiger partial charge >= 0.3 is 0 Å². The SMILES string of the molecule is Cc1cc([C@H]2CN(C(=O)CCc3nc4ccccc4[nH]3)CCO2)ccn1. The van der Waals surface area contributed by atoms with Crippen molar-refractivity contribution in [3.05, 3.63) is 59.7 Å². The summed E-state index contributed by atoms with van der Waals surface area (Å²) in [6.07, 6.45) is 2.77. The van der Waals surface area contributed by atoms with Gasteiger partial charge in [-0.3, -0.25) is 9.78 Å². The lowest BCUT2D eigenvalue weighted by Gasteiger charge is -2.33. The Balaban J connectivity index is 1.38. The molecule has 6 nitrogen and oxygen atoms in total. The molecule has 3 heterocycles. The fourth-order valence-electron chi connectivity index (χ4n) is 3.35. The third-order valence-electron chi connectivity index (χ3n) is 4.73. The summed E-state index contributed by atoms with van der Waals surface area (Å²) in [7, 11) is 0. The summed E-state index contributed by atoms with van der Waals surface area (Å²) in [5, 5.41) is 0. The Morgan fingerprint density at radius 2 is 2.23 bits per heavy atom. The highest BCUT2D eigenvalue weighted by molar-refractivity contribution is 5.77. The van der Waals surface area contributed by atoms with Gasteiger partial charge in [-0.1, -0.05) is 12.1 Å². The number of benzene rings is 1. The van der Waals surface area contributed by atoms with Crippen molar-refractivity contribution in [2.75, 3.05) is 19.7 Å². The van der Waals surface area contributed by atoms with E-state index in [9.17, 15) is 4.79 Å². The van der Waals surface area contributed by atoms with Gasteiger partial charge in [-0.15, -0.1) is 0 Å². The van der Waals surface area contributed by atoms with Crippen LogP contribution in [-0.2, 0) is 16.0 Å². The van der Waals surface area contributed by atoms with Gasteiger partial charge in [0.05, 0.1) is 24.2 Å². The van der Waals surface area contributed by atoms with E-state index in [-0.39, 0.29) is 12.0 Å². The Bertz CT molecular complexity index is 888. The number of morpholine rings is 1. The number of nitrogens with zero attached hydrogens (tertiary/aromatic N) is 3. The molecule has 1 atom stereocenters. The molecule has 0 spiro atoms. The molecule has 1 aliphatic heterocycles. The van der Waals surface area contributed by atoms with Crippen LogP contribution in [0.1, 0.15) is 29.6 Å². The summed E-state index contributed by atoms with van der Waals surface area (Å²) in [5.41, 5.74) is 3.98. The van der Waals surface area contributed by atoms with E-state index in [0.29, 0.717) is 32.5 Å². The molecule has 3 aromatic rings. The molecule has 1 aromatic carbocycles. The first-order chi connectivity index (χ1) is 12.7. The first-order valence-corrected chi connectivity index (χ1v) is 8.94. The molecular weight excluding hydrogens is 328 g/mol. The zero-order chi connectivity index (χ0) is 17.9. The largest absolute Gasteiger partial charge is 0.370 e. The molecule has 0 bridgehead atoms. The third-order valence-corrected chi connectivity index (χ3v) is 4.73. The van der Waals surface area contributed by atoms with Gasteiger partial charge in [-0.25, -0.2) is 4.98 Å². The molecule has 1 fully saturated rings. The van der Waals surface area contributed by atoms with Gasteiger partial charge < -0.3 is 14.6 Å². The number of amides is 1. The maximum Gasteiger partial charge on any atom is 0.223 e. The number of carbonyl (C=O) groups excluding carboxylic acids is 1. The molecular formula is C20H22N4O2. The van der Waals surface area contributed by atoms with Crippen LogP contribution in [0.25, 0.3) is 11.0 Å². The number of nitrogens with one attached hydrogen (secondary N) is 1. The summed E-state index contributed by atoms with van der Waals surface area (Å²) in [6.45, 7) is 3.74. The molecule has 6 heteroatoms. The molecule has 134 valence electrons. The highest BCUT2D eigenvalue weighted by Gasteiger charge is 2.25. The lowest BCUT2D eigenvalue weighted by atomic mass is 10.1. The quantitative estimate of drug-likeness (QED) is 0.785. The average molecular weight is 350 g/mol. The number of carbonyl (C=O) groups is 1. The average Bonchev–Trinajstić information content (AvgIpc) is 3.09. The fourth-order valence-corrected chi connectivity index (χ4v) is 3.35.